The van der Waals surface area contributed by atoms with Crippen LogP contribution in [0.3, 0.4) is 0 Å². The van der Waals surface area contributed by atoms with Crippen LogP contribution in [0.1, 0.15) is 28.4 Å². The molecule has 3 heterocycles. The lowest BCUT2D eigenvalue weighted by Crippen LogP contribution is -2.43. The molecule has 5 nitrogen and oxygen atoms in total. The minimum atomic E-state index is 0.599. The average Bonchev–Trinajstić information content (AvgIpc) is 2.87. The first-order valence-electron chi connectivity index (χ1n) is 7.90. The minimum absolute atomic E-state index is 0.599. The molecule has 1 fully saturated rings. The summed E-state index contributed by atoms with van der Waals surface area (Å²) >= 11 is 1.82. The maximum atomic E-state index is 4.60. The number of aromatic nitrogens is 3. The van der Waals surface area contributed by atoms with E-state index in [0.29, 0.717) is 6.04 Å². The van der Waals surface area contributed by atoms with E-state index in [-0.39, 0.29) is 0 Å². The minimum Gasteiger partial charge on any atom is -0.341 e. The van der Waals surface area contributed by atoms with E-state index < -0.39 is 0 Å². The van der Waals surface area contributed by atoms with E-state index in [2.05, 4.69) is 39.0 Å². The van der Waals surface area contributed by atoms with Crippen molar-refractivity contribution in [2.75, 3.05) is 24.5 Å². The predicted octanol–water partition coefficient (Wildman–Crippen LogP) is 2.35. The van der Waals surface area contributed by atoms with Gasteiger partial charge in [0, 0.05) is 49.4 Å². The molecule has 1 aliphatic heterocycles. The van der Waals surface area contributed by atoms with E-state index in [1.807, 2.05) is 29.8 Å². The third-order valence-electron chi connectivity index (χ3n) is 4.17. The van der Waals surface area contributed by atoms with Gasteiger partial charge in [0.1, 0.15) is 0 Å². The van der Waals surface area contributed by atoms with Gasteiger partial charge in [0.25, 0.3) is 0 Å². The molecule has 1 aliphatic rings. The molecule has 0 unspecified atom stereocenters. The lowest BCUT2D eigenvalue weighted by atomic mass is 10.1. The fourth-order valence-electron chi connectivity index (χ4n) is 2.77. The van der Waals surface area contributed by atoms with Gasteiger partial charge < -0.3 is 10.2 Å². The normalized spacial score (nSPS) is 16.2. The van der Waals surface area contributed by atoms with Gasteiger partial charge in [-0.15, -0.1) is 11.3 Å². The number of hydrogen-bond donors (Lipinski definition) is 1. The molecule has 3 rings (SSSR count). The van der Waals surface area contributed by atoms with Crippen LogP contribution in [-0.2, 0) is 6.42 Å². The zero-order valence-electron chi connectivity index (χ0n) is 13.2. The Balaban J connectivity index is 1.41. The smallest absolute Gasteiger partial charge is 0.225 e. The first-order chi connectivity index (χ1) is 10.7. The molecule has 0 radical (unpaired) electrons. The highest BCUT2D eigenvalue weighted by atomic mass is 32.1. The Bertz CT molecular complexity index is 570. The van der Waals surface area contributed by atoms with E-state index in [0.717, 1.165) is 44.8 Å². The Morgan fingerprint density at radius 3 is 2.59 bits per heavy atom. The molecule has 22 heavy (non-hydrogen) atoms. The molecule has 0 amide bonds. The second kappa shape index (κ2) is 7.15. The summed E-state index contributed by atoms with van der Waals surface area (Å²) < 4.78 is 0. The zero-order chi connectivity index (χ0) is 15.4. The quantitative estimate of drug-likeness (QED) is 0.917. The van der Waals surface area contributed by atoms with Gasteiger partial charge in [-0.1, -0.05) is 0 Å². The Kier molecular flexibility index (Phi) is 5.00. The van der Waals surface area contributed by atoms with Gasteiger partial charge in [0.05, 0.1) is 10.7 Å². The van der Waals surface area contributed by atoms with Gasteiger partial charge in [-0.05, 0) is 32.8 Å². The summed E-state index contributed by atoms with van der Waals surface area (Å²) in [4.78, 5) is 16.9. The molecule has 2 aromatic heterocycles. The maximum absolute atomic E-state index is 4.60. The molecule has 0 atom stereocenters. The van der Waals surface area contributed by atoms with Crippen LogP contribution in [0.5, 0.6) is 0 Å². The monoisotopic (exact) mass is 317 g/mol. The van der Waals surface area contributed by atoms with Crippen LogP contribution < -0.4 is 10.2 Å². The number of aryl methyl sites for hydroxylation is 2. The van der Waals surface area contributed by atoms with Crippen molar-refractivity contribution in [3.8, 4) is 0 Å². The summed E-state index contributed by atoms with van der Waals surface area (Å²) in [5.41, 5.74) is 1.18. The van der Waals surface area contributed by atoms with Crippen LogP contribution in [0, 0.1) is 13.8 Å². The predicted molar refractivity (Wildman–Crippen MR) is 90.6 cm³/mol. The summed E-state index contributed by atoms with van der Waals surface area (Å²) in [5.74, 6) is 0.856. The first kappa shape index (κ1) is 15.4. The third-order valence-corrected chi connectivity index (χ3v) is 5.31. The van der Waals surface area contributed by atoms with E-state index in [9.17, 15) is 0 Å². The summed E-state index contributed by atoms with van der Waals surface area (Å²) in [5, 5.41) is 4.92. The Hall–Kier alpha value is -1.53. The highest BCUT2D eigenvalue weighted by Crippen LogP contribution is 2.17. The average molecular weight is 317 g/mol. The number of piperidine rings is 1. The lowest BCUT2D eigenvalue weighted by Gasteiger charge is -2.32. The van der Waals surface area contributed by atoms with Crippen molar-refractivity contribution >= 4 is 17.3 Å². The van der Waals surface area contributed by atoms with Gasteiger partial charge in [0.2, 0.25) is 5.95 Å². The number of hydrogen-bond acceptors (Lipinski definition) is 6. The summed E-state index contributed by atoms with van der Waals surface area (Å²) in [6.07, 6.45) is 6.94. The van der Waals surface area contributed by atoms with Crippen molar-refractivity contribution in [1.29, 1.82) is 0 Å². The molecular weight excluding hydrogens is 294 g/mol. The number of nitrogens with zero attached hydrogens (tertiary/aromatic N) is 4. The highest BCUT2D eigenvalue weighted by Gasteiger charge is 2.20. The lowest BCUT2D eigenvalue weighted by molar-refractivity contribution is 0.414. The molecule has 0 aromatic carbocycles. The van der Waals surface area contributed by atoms with Gasteiger partial charge >= 0.3 is 0 Å². The first-order valence-corrected chi connectivity index (χ1v) is 8.72. The summed E-state index contributed by atoms with van der Waals surface area (Å²) in [6.45, 7) is 7.29. The fraction of sp³-hybridized carbons (Fsp3) is 0.562. The van der Waals surface area contributed by atoms with Crippen molar-refractivity contribution in [1.82, 2.24) is 20.3 Å². The number of thiazole rings is 1. The molecule has 118 valence electrons. The molecule has 1 N–H and O–H groups in total. The van der Waals surface area contributed by atoms with E-state index in [1.165, 1.54) is 15.6 Å². The topological polar surface area (TPSA) is 53.9 Å². The Labute approximate surface area is 135 Å². The van der Waals surface area contributed by atoms with Gasteiger partial charge in [-0.2, -0.15) is 0 Å². The van der Waals surface area contributed by atoms with Crippen LogP contribution >= 0.6 is 11.3 Å². The SMILES string of the molecule is Cc1nc(CCNC2CCN(c3ncccn3)CC2)sc1C. The molecule has 0 bridgehead atoms. The van der Waals surface area contributed by atoms with E-state index in [4.69, 9.17) is 0 Å². The molecule has 0 aliphatic carbocycles. The number of rotatable bonds is 5. The third kappa shape index (κ3) is 3.81. The van der Waals surface area contributed by atoms with Crippen molar-refractivity contribution in [2.45, 2.75) is 39.2 Å². The van der Waals surface area contributed by atoms with Crippen LogP contribution in [0.25, 0.3) is 0 Å². The van der Waals surface area contributed by atoms with Crippen molar-refractivity contribution in [3.63, 3.8) is 0 Å². The van der Waals surface area contributed by atoms with Crippen LogP contribution in [0.15, 0.2) is 18.5 Å². The fourth-order valence-corrected chi connectivity index (χ4v) is 3.70. The molecule has 6 heteroatoms. The van der Waals surface area contributed by atoms with Crippen LogP contribution in [0.4, 0.5) is 5.95 Å². The largest absolute Gasteiger partial charge is 0.341 e. The van der Waals surface area contributed by atoms with Crippen molar-refractivity contribution in [3.05, 3.63) is 34.0 Å². The molecule has 1 saturated heterocycles. The number of anilines is 1. The van der Waals surface area contributed by atoms with Crippen molar-refractivity contribution in [2.24, 2.45) is 0 Å². The van der Waals surface area contributed by atoms with Gasteiger partial charge in [-0.3, -0.25) is 0 Å². The molecular formula is C16H23N5S. The van der Waals surface area contributed by atoms with Crippen LogP contribution in [0.2, 0.25) is 0 Å². The maximum Gasteiger partial charge on any atom is 0.225 e. The highest BCUT2D eigenvalue weighted by molar-refractivity contribution is 7.11. The second-order valence-corrected chi connectivity index (χ2v) is 7.05. The zero-order valence-corrected chi connectivity index (χ0v) is 14.1. The molecule has 2 aromatic rings. The summed E-state index contributed by atoms with van der Waals surface area (Å²) in [6, 6.07) is 2.46. The van der Waals surface area contributed by atoms with Gasteiger partial charge in [0.15, 0.2) is 0 Å². The van der Waals surface area contributed by atoms with Gasteiger partial charge in [-0.25, -0.2) is 15.0 Å². The Morgan fingerprint density at radius 1 is 1.23 bits per heavy atom. The molecule has 0 saturated carbocycles. The summed E-state index contributed by atoms with van der Waals surface area (Å²) in [7, 11) is 0. The van der Waals surface area contributed by atoms with Crippen LogP contribution in [-0.4, -0.2) is 40.6 Å². The van der Waals surface area contributed by atoms with E-state index >= 15 is 0 Å². The number of nitrogens with one attached hydrogen (secondary N) is 1. The Morgan fingerprint density at radius 2 is 1.95 bits per heavy atom. The standard InChI is InChI=1S/C16H23N5S/c1-12-13(2)22-15(20-12)4-9-17-14-5-10-21(11-6-14)16-18-7-3-8-19-16/h3,7-8,14,17H,4-6,9-11H2,1-2H3. The van der Waals surface area contributed by atoms with E-state index in [1.54, 1.807) is 0 Å². The molecule has 0 spiro atoms. The second-order valence-electron chi connectivity index (χ2n) is 5.76. The van der Waals surface area contributed by atoms with Crippen molar-refractivity contribution < 1.29 is 0 Å².